The van der Waals surface area contributed by atoms with Crippen molar-refractivity contribution in [3.8, 4) is 11.5 Å². The fraction of sp³-hybridized carbons (Fsp3) is 0.533. The van der Waals surface area contributed by atoms with E-state index in [2.05, 4.69) is 5.32 Å². The molecule has 5 nitrogen and oxygen atoms in total. The summed E-state index contributed by atoms with van der Waals surface area (Å²) >= 11 is 1.60. The van der Waals surface area contributed by atoms with Crippen LogP contribution in [-0.4, -0.2) is 38.0 Å². The number of nitrogens with two attached hydrogens (primary N) is 1. The first-order valence-electron chi connectivity index (χ1n) is 6.76. The van der Waals surface area contributed by atoms with E-state index in [0.717, 1.165) is 4.90 Å². The summed E-state index contributed by atoms with van der Waals surface area (Å²) in [6.07, 6.45) is 0.453. The van der Waals surface area contributed by atoms with Crippen molar-refractivity contribution >= 4 is 17.7 Å². The molecule has 0 aromatic heterocycles. The maximum atomic E-state index is 11.7. The second kappa shape index (κ2) is 8.14. The summed E-state index contributed by atoms with van der Waals surface area (Å²) in [7, 11) is 3.21. The molecule has 0 spiro atoms. The predicted octanol–water partition coefficient (Wildman–Crippen LogP) is 2.04. The van der Waals surface area contributed by atoms with Crippen LogP contribution in [0.2, 0.25) is 0 Å². The third kappa shape index (κ3) is 6.73. The molecule has 1 aromatic rings. The van der Waals surface area contributed by atoms with Gasteiger partial charge in [-0.2, -0.15) is 0 Å². The van der Waals surface area contributed by atoms with Crippen molar-refractivity contribution in [3.63, 3.8) is 0 Å². The summed E-state index contributed by atoms with van der Waals surface area (Å²) < 4.78 is 10.4. The summed E-state index contributed by atoms with van der Waals surface area (Å²) in [5.74, 6) is 2.11. The van der Waals surface area contributed by atoms with Gasteiger partial charge in [0.05, 0.1) is 14.2 Å². The van der Waals surface area contributed by atoms with E-state index in [1.807, 2.05) is 32.0 Å². The Morgan fingerprint density at radius 2 is 1.95 bits per heavy atom. The fourth-order valence-corrected chi connectivity index (χ4v) is 2.46. The molecule has 6 heteroatoms. The van der Waals surface area contributed by atoms with Gasteiger partial charge in [0.15, 0.2) is 11.5 Å². The Bertz CT molecular complexity index is 472. The van der Waals surface area contributed by atoms with Gasteiger partial charge in [0, 0.05) is 29.2 Å². The van der Waals surface area contributed by atoms with Crippen molar-refractivity contribution in [1.82, 2.24) is 5.32 Å². The Morgan fingerprint density at radius 3 is 2.52 bits per heavy atom. The molecular formula is C15H24N2O3S. The van der Waals surface area contributed by atoms with Crippen LogP contribution in [0.5, 0.6) is 11.5 Å². The lowest BCUT2D eigenvalue weighted by molar-refractivity contribution is -0.120. The molecule has 118 valence electrons. The van der Waals surface area contributed by atoms with Gasteiger partial charge in [0.2, 0.25) is 5.91 Å². The lowest BCUT2D eigenvalue weighted by atomic mass is 10.1. The molecule has 1 amide bonds. The molecule has 0 saturated carbocycles. The zero-order chi connectivity index (χ0) is 15.9. The number of thioether (sulfide) groups is 1. The fourth-order valence-electron chi connectivity index (χ4n) is 1.58. The quantitative estimate of drug-likeness (QED) is 0.719. The number of amides is 1. The second-order valence-corrected chi connectivity index (χ2v) is 6.55. The smallest absolute Gasteiger partial charge is 0.220 e. The molecule has 21 heavy (non-hydrogen) atoms. The number of methoxy groups -OCH3 is 2. The maximum absolute atomic E-state index is 11.7. The minimum absolute atomic E-state index is 0.0153. The van der Waals surface area contributed by atoms with Gasteiger partial charge in [0.1, 0.15) is 0 Å². The van der Waals surface area contributed by atoms with E-state index >= 15 is 0 Å². The third-order valence-electron chi connectivity index (χ3n) is 2.69. The molecular weight excluding hydrogens is 288 g/mol. The number of ether oxygens (including phenoxy) is 2. The topological polar surface area (TPSA) is 73.6 Å². The first kappa shape index (κ1) is 17.7. The molecule has 0 heterocycles. The second-order valence-electron chi connectivity index (χ2n) is 5.38. The van der Waals surface area contributed by atoms with Crippen LogP contribution in [0.4, 0.5) is 0 Å². The molecule has 0 aliphatic carbocycles. The van der Waals surface area contributed by atoms with Crippen LogP contribution in [0, 0.1) is 0 Å². The summed E-state index contributed by atoms with van der Waals surface area (Å²) in [5, 5.41) is 2.83. The maximum Gasteiger partial charge on any atom is 0.220 e. The summed E-state index contributed by atoms with van der Waals surface area (Å²) in [5.41, 5.74) is 5.43. The highest BCUT2D eigenvalue weighted by Gasteiger charge is 2.12. The molecule has 0 aliphatic heterocycles. The SMILES string of the molecule is COc1ccc(SCCC(=O)NCC(C)(C)N)cc1OC. The van der Waals surface area contributed by atoms with E-state index in [0.29, 0.717) is 30.2 Å². The standard InChI is InChI=1S/C15H24N2O3S/c1-15(2,16)10-17-14(18)7-8-21-11-5-6-12(19-3)13(9-11)20-4/h5-6,9H,7-8,10,16H2,1-4H3,(H,17,18). The van der Waals surface area contributed by atoms with Gasteiger partial charge in [-0.3, -0.25) is 4.79 Å². The number of rotatable bonds is 8. The lowest BCUT2D eigenvalue weighted by Crippen LogP contribution is -2.45. The van der Waals surface area contributed by atoms with Gasteiger partial charge in [-0.15, -0.1) is 11.8 Å². The minimum atomic E-state index is -0.383. The molecule has 3 N–H and O–H groups in total. The summed E-state index contributed by atoms with van der Waals surface area (Å²) in [4.78, 5) is 12.7. The Morgan fingerprint density at radius 1 is 1.29 bits per heavy atom. The van der Waals surface area contributed by atoms with Gasteiger partial charge >= 0.3 is 0 Å². The van der Waals surface area contributed by atoms with Crippen molar-refractivity contribution in [3.05, 3.63) is 18.2 Å². The minimum Gasteiger partial charge on any atom is -0.493 e. The lowest BCUT2D eigenvalue weighted by Gasteiger charge is -2.18. The molecule has 0 radical (unpaired) electrons. The number of benzene rings is 1. The van der Waals surface area contributed by atoms with E-state index in [1.54, 1.807) is 26.0 Å². The van der Waals surface area contributed by atoms with Crippen LogP contribution in [0.3, 0.4) is 0 Å². The normalized spacial score (nSPS) is 11.1. The van der Waals surface area contributed by atoms with Gasteiger partial charge in [-0.25, -0.2) is 0 Å². The number of nitrogens with one attached hydrogen (secondary N) is 1. The zero-order valence-corrected chi connectivity index (χ0v) is 13.9. The molecule has 0 atom stereocenters. The molecule has 0 bridgehead atoms. The Balaban J connectivity index is 2.40. The van der Waals surface area contributed by atoms with Gasteiger partial charge in [-0.05, 0) is 32.0 Å². The van der Waals surface area contributed by atoms with Gasteiger partial charge in [-0.1, -0.05) is 0 Å². The monoisotopic (exact) mass is 312 g/mol. The van der Waals surface area contributed by atoms with Crippen molar-refractivity contribution < 1.29 is 14.3 Å². The Hall–Kier alpha value is -1.40. The van der Waals surface area contributed by atoms with E-state index in [-0.39, 0.29) is 11.4 Å². The van der Waals surface area contributed by atoms with E-state index in [4.69, 9.17) is 15.2 Å². The first-order valence-corrected chi connectivity index (χ1v) is 7.74. The van der Waals surface area contributed by atoms with Gasteiger partial charge < -0.3 is 20.5 Å². The highest BCUT2D eigenvalue weighted by atomic mass is 32.2. The zero-order valence-electron chi connectivity index (χ0n) is 13.1. The average molecular weight is 312 g/mol. The number of hydrogen-bond acceptors (Lipinski definition) is 5. The largest absolute Gasteiger partial charge is 0.493 e. The molecule has 1 rings (SSSR count). The number of carbonyl (C=O) groups excluding carboxylic acids is 1. The van der Waals surface area contributed by atoms with Crippen molar-refractivity contribution in [2.75, 3.05) is 26.5 Å². The molecule has 0 unspecified atom stereocenters. The van der Waals surface area contributed by atoms with E-state index in [1.165, 1.54) is 0 Å². The van der Waals surface area contributed by atoms with Crippen LogP contribution >= 0.6 is 11.8 Å². The molecule has 0 saturated heterocycles. The number of hydrogen-bond donors (Lipinski definition) is 2. The predicted molar refractivity (Wildman–Crippen MR) is 86.2 cm³/mol. The van der Waals surface area contributed by atoms with Crippen LogP contribution in [0.15, 0.2) is 23.1 Å². The van der Waals surface area contributed by atoms with Crippen LogP contribution in [-0.2, 0) is 4.79 Å². The van der Waals surface area contributed by atoms with Crippen LogP contribution in [0.25, 0.3) is 0 Å². The molecule has 0 aliphatic rings. The Labute approximate surface area is 130 Å². The number of carbonyl (C=O) groups is 1. The summed E-state index contributed by atoms with van der Waals surface area (Å²) in [6.45, 7) is 4.24. The molecule has 0 fully saturated rings. The summed E-state index contributed by atoms with van der Waals surface area (Å²) in [6, 6.07) is 5.72. The van der Waals surface area contributed by atoms with Crippen molar-refractivity contribution in [2.24, 2.45) is 5.73 Å². The average Bonchev–Trinajstić information content (AvgIpc) is 2.44. The highest BCUT2D eigenvalue weighted by Crippen LogP contribution is 2.31. The van der Waals surface area contributed by atoms with Crippen LogP contribution < -0.4 is 20.5 Å². The highest BCUT2D eigenvalue weighted by molar-refractivity contribution is 7.99. The van der Waals surface area contributed by atoms with Crippen molar-refractivity contribution in [2.45, 2.75) is 30.7 Å². The van der Waals surface area contributed by atoms with Crippen LogP contribution in [0.1, 0.15) is 20.3 Å². The van der Waals surface area contributed by atoms with Gasteiger partial charge in [0.25, 0.3) is 0 Å². The van der Waals surface area contributed by atoms with E-state index in [9.17, 15) is 4.79 Å². The Kier molecular flexibility index (Phi) is 6.84. The van der Waals surface area contributed by atoms with Crippen molar-refractivity contribution in [1.29, 1.82) is 0 Å². The van der Waals surface area contributed by atoms with E-state index < -0.39 is 0 Å². The third-order valence-corrected chi connectivity index (χ3v) is 3.69. The first-order chi connectivity index (χ1) is 9.85. The molecule has 1 aromatic carbocycles.